The summed E-state index contributed by atoms with van der Waals surface area (Å²) in [5.74, 6) is 0.0969. The van der Waals surface area contributed by atoms with Crippen LogP contribution >= 0.6 is 0 Å². The number of allylic oxidation sites excluding steroid dienone is 1. The van der Waals surface area contributed by atoms with Crippen molar-refractivity contribution in [2.75, 3.05) is 6.61 Å². The van der Waals surface area contributed by atoms with E-state index in [9.17, 15) is 4.79 Å². The molecular weight excluding hydrogens is 252 g/mol. The lowest BCUT2D eigenvalue weighted by molar-refractivity contribution is -0.152. The zero-order chi connectivity index (χ0) is 14.2. The molecule has 1 aromatic carbocycles. The molecule has 0 spiro atoms. The monoisotopic (exact) mass is 274 g/mol. The van der Waals surface area contributed by atoms with Gasteiger partial charge >= 0.3 is 5.97 Å². The number of ether oxygens (including phenoxy) is 2. The minimum absolute atomic E-state index is 0.0742. The van der Waals surface area contributed by atoms with Gasteiger partial charge in [0.25, 0.3) is 0 Å². The Morgan fingerprint density at radius 2 is 2.10 bits per heavy atom. The van der Waals surface area contributed by atoms with E-state index >= 15 is 0 Å². The summed E-state index contributed by atoms with van der Waals surface area (Å²) >= 11 is 0. The molecule has 1 aliphatic heterocycles. The zero-order valence-corrected chi connectivity index (χ0v) is 12.0. The van der Waals surface area contributed by atoms with Gasteiger partial charge in [-0.2, -0.15) is 0 Å². The molecular formula is C17H22O3. The van der Waals surface area contributed by atoms with Gasteiger partial charge in [0.1, 0.15) is 6.10 Å². The fourth-order valence-electron chi connectivity index (χ4n) is 2.22. The number of carbonyl (C=O) groups excluding carboxylic acids is 1. The number of carbonyl (C=O) groups is 1. The van der Waals surface area contributed by atoms with Crippen molar-refractivity contribution in [2.24, 2.45) is 5.92 Å². The summed E-state index contributed by atoms with van der Waals surface area (Å²) in [7, 11) is 0. The maximum absolute atomic E-state index is 11.5. The normalized spacial score (nSPS) is 22.4. The van der Waals surface area contributed by atoms with E-state index in [2.05, 4.69) is 19.1 Å². The molecule has 0 saturated heterocycles. The second-order valence-corrected chi connectivity index (χ2v) is 5.25. The lowest BCUT2D eigenvalue weighted by atomic mass is 10.0. The Hall–Kier alpha value is -1.61. The zero-order valence-electron chi connectivity index (χ0n) is 12.0. The van der Waals surface area contributed by atoms with Crippen molar-refractivity contribution in [3.63, 3.8) is 0 Å². The van der Waals surface area contributed by atoms with Gasteiger partial charge in [0.2, 0.25) is 0 Å². The number of esters is 1. The van der Waals surface area contributed by atoms with E-state index in [1.54, 1.807) is 0 Å². The highest BCUT2D eigenvalue weighted by Crippen LogP contribution is 2.17. The van der Waals surface area contributed by atoms with Crippen molar-refractivity contribution in [2.45, 2.75) is 38.9 Å². The first-order valence-corrected chi connectivity index (χ1v) is 7.22. The fraction of sp³-hybridized carbons (Fsp3) is 0.471. The van der Waals surface area contributed by atoms with Gasteiger partial charge in [0, 0.05) is 18.8 Å². The molecule has 0 bridgehead atoms. The van der Waals surface area contributed by atoms with E-state index < -0.39 is 0 Å². The molecule has 0 amide bonds. The van der Waals surface area contributed by atoms with Crippen LogP contribution in [0, 0.1) is 5.92 Å². The SMILES string of the molecule is C[C@H](COCc1ccccc1)[C@@H]1C/C=C\CCC(=O)O1. The molecule has 3 nitrogen and oxygen atoms in total. The molecule has 108 valence electrons. The van der Waals surface area contributed by atoms with E-state index in [1.807, 2.05) is 30.3 Å². The van der Waals surface area contributed by atoms with Crippen LogP contribution in [0.15, 0.2) is 42.5 Å². The third kappa shape index (κ3) is 4.82. The van der Waals surface area contributed by atoms with Crippen molar-refractivity contribution in [1.29, 1.82) is 0 Å². The summed E-state index contributed by atoms with van der Waals surface area (Å²) in [6, 6.07) is 10.1. The summed E-state index contributed by atoms with van der Waals surface area (Å²) in [6.07, 6.45) is 6.13. The van der Waals surface area contributed by atoms with Gasteiger partial charge in [-0.15, -0.1) is 0 Å². The molecule has 0 fully saturated rings. The lowest BCUT2D eigenvalue weighted by Crippen LogP contribution is -2.28. The maximum atomic E-state index is 11.5. The third-order valence-electron chi connectivity index (χ3n) is 3.46. The first kappa shape index (κ1) is 14.8. The van der Waals surface area contributed by atoms with Crippen LogP contribution in [0.2, 0.25) is 0 Å². The van der Waals surface area contributed by atoms with Crippen LogP contribution < -0.4 is 0 Å². The number of hydrogen-bond donors (Lipinski definition) is 0. The fourth-order valence-corrected chi connectivity index (χ4v) is 2.22. The summed E-state index contributed by atoms with van der Waals surface area (Å²) in [5.41, 5.74) is 1.16. The Morgan fingerprint density at radius 3 is 2.90 bits per heavy atom. The highest BCUT2D eigenvalue weighted by molar-refractivity contribution is 5.69. The summed E-state index contributed by atoms with van der Waals surface area (Å²) in [6.45, 7) is 3.26. The predicted molar refractivity (Wildman–Crippen MR) is 78.1 cm³/mol. The Bertz CT molecular complexity index is 439. The molecule has 0 N–H and O–H groups in total. The highest BCUT2D eigenvalue weighted by atomic mass is 16.5. The summed E-state index contributed by atoms with van der Waals surface area (Å²) in [5, 5.41) is 0. The van der Waals surface area contributed by atoms with E-state index in [0.717, 1.165) is 18.4 Å². The topological polar surface area (TPSA) is 35.5 Å². The molecule has 0 radical (unpaired) electrons. The predicted octanol–water partition coefficient (Wildman–Crippen LogP) is 3.49. The standard InChI is InChI=1S/C17H22O3/c1-14(12-19-13-15-8-4-2-5-9-15)16-10-6-3-7-11-17(18)20-16/h2-6,8-9,14,16H,7,10-13H2,1H3/b6-3-/t14-,16+/m1/s1. The molecule has 1 heterocycles. The van der Waals surface area contributed by atoms with Gasteiger partial charge in [-0.25, -0.2) is 0 Å². The van der Waals surface area contributed by atoms with Crippen LogP contribution in [0.3, 0.4) is 0 Å². The maximum Gasteiger partial charge on any atom is 0.306 e. The van der Waals surface area contributed by atoms with Crippen molar-refractivity contribution in [3.05, 3.63) is 48.0 Å². The quantitative estimate of drug-likeness (QED) is 0.609. The molecule has 0 saturated carbocycles. The van der Waals surface area contributed by atoms with Crippen LogP contribution in [0.4, 0.5) is 0 Å². The Morgan fingerprint density at radius 1 is 1.30 bits per heavy atom. The van der Waals surface area contributed by atoms with Gasteiger partial charge in [-0.3, -0.25) is 4.79 Å². The largest absolute Gasteiger partial charge is 0.462 e. The third-order valence-corrected chi connectivity index (χ3v) is 3.46. The minimum Gasteiger partial charge on any atom is -0.462 e. The second kappa shape index (κ2) is 7.85. The van der Waals surface area contributed by atoms with E-state index in [1.165, 1.54) is 0 Å². The van der Waals surface area contributed by atoms with Gasteiger partial charge in [-0.1, -0.05) is 49.4 Å². The second-order valence-electron chi connectivity index (χ2n) is 5.25. The first-order chi connectivity index (χ1) is 9.75. The number of hydrogen-bond acceptors (Lipinski definition) is 3. The number of rotatable bonds is 5. The van der Waals surface area contributed by atoms with E-state index in [0.29, 0.717) is 19.6 Å². The average Bonchev–Trinajstić information content (AvgIpc) is 2.43. The van der Waals surface area contributed by atoms with Gasteiger partial charge < -0.3 is 9.47 Å². The molecule has 3 heteroatoms. The van der Waals surface area contributed by atoms with Gasteiger partial charge in [0.15, 0.2) is 0 Å². The summed E-state index contributed by atoms with van der Waals surface area (Å²) in [4.78, 5) is 11.5. The van der Waals surface area contributed by atoms with Crippen LogP contribution in [0.25, 0.3) is 0 Å². The molecule has 20 heavy (non-hydrogen) atoms. The average molecular weight is 274 g/mol. The molecule has 1 aromatic rings. The number of cyclic esters (lactones) is 1. The minimum atomic E-state index is -0.103. The Kier molecular flexibility index (Phi) is 5.81. The molecule has 0 aromatic heterocycles. The van der Waals surface area contributed by atoms with Gasteiger partial charge in [-0.05, 0) is 12.0 Å². The Labute approximate surface area is 120 Å². The van der Waals surface area contributed by atoms with Crippen molar-refractivity contribution < 1.29 is 14.3 Å². The van der Waals surface area contributed by atoms with Crippen LogP contribution in [-0.4, -0.2) is 18.7 Å². The molecule has 2 atom stereocenters. The smallest absolute Gasteiger partial charge is 0.306 e. The van der Waals surface area contributed by atoms with Gasteiger partial charge in [0.05, 0.1) is 13.2 Å². The van der Waals surface area contributed by atoms with E-state index in [4.69, 9.17) is 9.47 Å². The van der Waals surface area contributed by atoms with E-state index in [-0.39, 0.29) is 18.0 Å². The first-order valence-electron chi connectivity index (χ1n) is 7.22. The molecule has 1 aliphatic rings. The van der Waals surface area contributed by atoms with Crippen LogP contribution in [0.1, 0.15) is 31.7 Å². The lowest BCUT2D eigenvalue weighted by Gasteiger charge is -2.24. The highest BCUT2D eigenvalue weighted by Gasteiger charge is 2.21. The van der Waals surface area contributed by atoms with Crippen molar-refractivity contribution in [3.8, 4) is 0 Å². The number of benzene rings is 1. The van der Waals surface area contributed by atoms with Crippen LogP contribution in [0.5, 0.6) is 0 Å². The van der Waals surface area contributed by atoms with Crippen molar-refractivity contribution in [1.82, 2.24) is 0 Å². The molecule has 2 rings (SSSR count). The molecule has 0 unspecified atom stereocenters. The Balaban J connectivity index is 1.78. The molecule has 0 aliphatic carbocycles. The van der Waals surface area contributed by atoms with Crippen LogP contribution in [-0.2, 0) is 20.9 Å². The summed E-state index contributed by atoms with van der Waals surface area (Å²) < 4.78 is 11.2. The van der Waals surface area contributed by atoms with Crippen molar-refractivity contribution >= 4 is 5.97 Å².